The standard InChI is InChI=1S/C19H23N3O4S2/c1-5-20-28(25,26)16-11-6-13(2)17(12-16)18(23)21-14-7-9-15(10-8-14)27-19(24)22(3)4/h6-12,20H,5H2,1-4H3,(H,21,23). The minimum absolute atomic E-state index is 0.0408. The quantitative estimate of drug-likeness (QED) is 0.698. The lowest BCUT2D eigenvalue weighted by Crippen LogP contribution is -2.24. The molecule has 2 N–H and O–H groups in total. The van der Waals surface area contributed by atoms with Crippen LogP contribution in [0.1, 0.15) is 22.8 Å². The third kappa shape index (κ3) is 5.57. The molecule has 2 aromatic carbocycles. The lowest BCUT2D eigenvalue weighted by atomic mass is 10.1. The monoisotopic (exact) mass is 421 g/mol. The molecule has 0 aliphatic rings. The molecular formula is C19H23N3O4S2. The molecule has 2 aromatic rings. The summed E-state index contributed by atoms with van der Waals surface area (Å²) in [6.07, 6.45) is 0. The van der Waals surface area contributed by atoms with Crippen LogP contribution in [0.15, 0.2) is 52.3 Å². The number of amides is 2. The van der Waals surface area contributed by atoms with Gasteiger partial charge in [-0.2, -0.15) is 0 Å². The van der Waals surface area contributed by atoms with Crippen molar-refractivity contribution in [3.63, 3.8) is 0 Å². The van der Waals surface area contributed by atoms with Crippen molar-refractivity contribution < 1.29 is 18.0 Å². The molecule has 0 spiro atoms. The number of benzene rings is 2. The number of sulfonamides is 1. The van der Waals surface area contributed by atoms with Crippen LogP contribution in [-0.2, 0) is 10.0 Å². The lowest BCUT2D eigenvalue weighted by Gasteiger charge is -2.12. The molecule has 28 heavy (non-hydrogen) atoms. The van der Waals surface area contributed by atoms with Gasteiger partial charge in [0.15, 0.2) is 0 Å². The van der Waals surface area contributed by atoms with E-state index in [-0.39, 0.29) is 22.2 Å². The van der Waals surface area contributed by atoms with Gasteiger partial charge in [0.2, 0.25) is 10.0 Å². The van der Waals surface area contributed by atoms with E-state index < -0.39 is 15.9 Å². The van der Waals surface area contributed by atoms with Crippen LogP contribution in [-0.4, -0.2) is 45.1 Å². The Balaban J connectivity index is 2.18. The highest BCUT2D eigenvalue weighted by molar-refractivity contribution is 8.13. The summed E-state index contributed by atoms with van der Waals surface area (Å²) in [5.41, 5.74) is 1.49. The second kappa shape index (κ2) is 9.22. The molecule has 0 bridgehead atoms. The molecule has 2 amide bonds. The van der Waals surface area contributed by atoms with Gasteiger partial charge in [-0.1, -0.05) is 13.0 Å². The van der Waals surface area contributed by atoms with E-state index in [1.807, 2.05) is 0 Å². The Hall–Kier alpha value is -2.36. The van der Waals surface area contributed by atoms with E-state index in [9.17, 15) is 18.0 Å². The molecule has 0 radical (unpaired) electrons. The number of hydrogen-bond donors (Lipinski definition) is 2. The number of thioether (sulfide) groups is 1. The summed E-state index contributed by atoms with van der Waals surface area (Å²) in [5.74, 6) is -0.407. The van der Waals surface area contributed by atoms with E-state index in [1.54, 1.807) is 58.3 Å². The summed E-state index contributed by atoms with van der Waals surface area (Å²) in [4.78, 5) is 26.6. The maximum Gasteiger partial charge on any atom is 0.285 e. The van der Waals surface area contributed by atoms with Crippen molar-refractivity contribution in [1.29, 1.82) is 0 Å². The second-order valence-electron chi connectivity index (χ2n) is 6.22. The average Bonchev–Trinajstić information content (AvgIpc) is 2.63. The molecule has 9 heteroatoms. The van der Waals surface area contributed by atoms with E-state index in [1.165, 1.54) is 17.0 Å². The van der Waals surface area contributed by atoms with E-state index in [2.05, 4.69) is 10.0 Å². The maximum absolute atomic E-state index is 12.6. The summed E-state index contributed by atoms with van der Waals surface area (Å²) in [6.45, 7) is 3.69. The smallest absolute Gasteiger partial charge is 0.285 e. The number of hydrogen-bond acceptors (Lipinski definition) is 5. The molecule has 150 valence electrons. The third-order valence-corrected chi connectivity index (χ3v) is 6.37. The topological polar surface area (TPSA) is 95.6 Å². The largest absolute Gasteiger partial charge is 0.339 e. The Morgan fingerprint density at radius 3 is 2.29 bits per heavy atom. The van der Waals surface area contributed by atoms with Crippen molar-refractivity contribution in [2.45, 2.75) is 23.6 Å². The van der Waals surface area contributed by atoms with Crippen LogP contribution >= 0.6 is 11.8 Å². The first-order chi connectivity index (χ1) is 13.1. The van der Waals surface area contributed by atoms with Crippen molar-refractivity contribution >= 4 is 38.6 Å². The SMILES string of the molecule is CCNS(=O)(=O)c1ccc(C)c(C(=O)Nc2ccc(SC(=O)N(C)C)cc2)c1. The van der Waals surface area contributed by atoms with Gasteiger partial charge < -0.3 is 10.2 Å². The van der Waals surface area contributed by atoms with Gasteiger partial charge in [-0.05, 0) is 60.6 Å². The molecule has 0 aromatic heterocycles. The van der Waals surface area contributed by atoms with Crippen molar-refractivity contribution in [3.05, 3.63) is 53.6 Å². The van der Waals surface area contributed by atoms with Crippen LogP contribution in [0.4, 0.5) is 10.5 Å². The third-order valence-electron chi connectivity index (χ3n) is 3.78. The molecule has 0 atom stereocenters. The van der Waals surface area contributed by atoms with Gasteiger partial charge >= 0.3 is 0 Å². The highest BCUT2D eigenvalue weighted by atomic mass is 32.2. The zero-order chi connectivity index (χ0) is 20.9. The molecule has 0 heterocycles. The Bertz CT molecular complexity index is 971. The van der Waals surface area contributed by atoms with Crippen LogP contribution in [0.5, 0.6) is 0 Å². The summed E-state index contributed by atoms with van der Waals surface area (Å²) >= 11 is 1.09. The summed E-state index contributed by atoms with van der Waals surface area (Å²) < 4.78 is 26.8. The Morgan fingerprint density at radius 2 is 1.71 bits per heavy atom. The number of carbonyl (C=O) groups is 2. The molecule has 7 nitrogen and oxygen atoms in total. The fourth-order valence-corrected chi connectivity index (χ4v) is 4.01. The van der Waals surface area contributed by atoms with E-state index >= 15 is 0 Å². The predicted octanol–water partition coefficient (Wildman–Crippen LogP) is 3.32. The minimum Gasteiger partial charge on any atom is -0.339 e. The molecule has 0 saturated carbocycles. The fourth-order valence-electron chi connectivity index (χ4n) is 2.28. The number of nitrogens with one attached hydrogen (secondary N) is 2. The first-order valence-corrected chi connectivity index (χ1v) is 10.8. The van der Waals surface area contributed by atoms with Gasteiger partial charge in [0.1, 0.15) is 0 Å². The number of rotatable bonds is 6. The number of aryl methyl sites for hydroxylation is 1. The van der Waals surface area contributed by atoms with Crippen LogP contribution in [0, 0.1) is 6.92 Å². The molecule has 0 unspecified atom stereocenters. The van der Waals surface area contributed by atoms with Crippen LogP contribution < -0.4 is 10.0 Å². The number of nitrogens with zero attached hydrogens (tertiary/aromatic N) is 1. The second-order valence-corrected chi connectivity index (χ2v) is 9.01. The van der Waals surface area contributed by atoms with Gasteiger partial charge in [-0.15, -0.1) is 0 Å². The van der Waals surface area contributed by atoms with Crippen molar-refractivity contribution in [2.24, 2.45) is 0 Å². The van der Waals surface area contributed by atoms with Crippen LogP contribution in [0.25, 0.3) is 0 Å². The highest BCUT2D eigenvalue weighted by Gasteiger charge is 2.17. The maximum atomic E-state index is 12.6. The fraction of sp³-hybridized carbons (Fsp3) is 0.263. The molecular weight excluding hydrogens is 398 g/mol. The van der Waals surface area contributed by atoms with Gasteiger partial charge in [0.05, 0.1) is 4.90 Å². The summed E-state index contributed by atoms with van der Waals surface area (Å²) in [6, 6.07) is 11.3. The minimum atomic E-state index is -3.65. The molecule has 0 fully saturated rings. The van der Waals surface area contributed by atoms with E-state index in [0.29, 0.717) is 11.3 Å². The van der Waals surface area contributed by atoms with Crippen molar-refractivity contribution in [3.8, 4) is 0 Å². The average molecular weight is 422 g/mol. The van der Waals surface area contributed by atoms with Gasteiger partial charge in [0, 0.05) is 36.8 Å². The molecule has 2 rings (SSSR count). The van der Waals surface area contributed by atoms with Crippen molar-refractivity contribution in [1.82, 2.24) is 9.62 Å². The van der Waals surface area contributed by atoms with Crippen LogP contribution in [0.2, 0.25) is 0 Å². The lowest BCUT2D eigenvalue weighted by molar-refractivity contribution is 0.102. The molecule has 0 aliphatic carbocycles. The Morgan fingerprint density at radius 1 is 1.07 bits per heavy atom. The normalized spacial score (nSPS) is 11.1. The van der Waals surface area contributed by atoms with Crippen LogP contribution in [0.3, 0.4) is 0 Å². The summed E-state index contributed by atoms with van der Waals surface area (Å²) in [7, 11) is -0.295. The Kier molecular flexibility index (Phi) is 7.22. The zero-order valence-corrected chi connectivity index (χ0v) is 17.8. The van der Waals surface area contributed by atoms with Gasteiger partial charge in [-0.3, -0.25) is 9.59 Å². The Labute approximate surface area is 169 Å². The first-order valence-electron chi connectivity index (χ1n) is 8.55. The number of anilines is 1. The first kappa shape index (κ1) is 21.9. The highest BCUT2D eigenvalue weighted by Crippen LogP contribution is 2.23. The summed E-state index contributed by atoms with van der Waals surface area (Å²) in [5, 5.41) is 2.66. The van der Waals surface area contributed by atoms with Crippen molar-refractivity contribution in [2.75, 3.05) is 26.0 Å². The molecule has 0 aliphatic heterocycles. The number of carbonyl (C=O) groups excluding carboxylic acids is 2. The van der Waals surface area contributed by atoms with E-state index in [4.69, 9.17) is 0 Å². The zero-order valence-electron chi connectivity index (χ0n) is 16.1. The van der Waals surface area contributed by atoms with Gasteiger partial charge in [0.25, 0.3) is 11.1 Å². The van der Waals surface area contributed by atoms with E-state index in [0.717, 1.165) is 16.7 Å². The van der Waals surface area contributed by atoms with Gasteiger partial charge in [-0.25, -0.2) is 13.1 Å². The molecule has 0 saturated heterocycles. The predicted molar refractivity (Wildman–Crippen MR) is 111 cm³/mol.